The van der Waals surface area contributed by atoms with Crippen LogP contribution in [0.2, 0.25) is 0 Å². The SMILES string of the molecule is COCc1ccc(CNc2ccc(C(C)C)cc2C2CCCCC2)o1. The number of furan rings is 1. The Morgan fingerprint density at radius 1 is 1.08 bits per heavy atom. The van der Waals surface area contributed by atoms with Crippen molar-refractivity contribution >= 4 is 5.69 Å². The molecule has 1 aliphatic carbocycles. The third kappa shape index (κ3) is 4.66. The highest BCUT2D eigenvalue weighted by Gasteiger charge is 2.19. The van der Waals surface area contributed by atoms with Gasteiger partial charge in [0.05, 0.1) is 6.54 Å². The standard InChI is InChI=1S/C22H31NO2/c1-16(2)18-9-12-22(21(13-18)17-7-5-4-6-8-17)23-14-19-10-11-20(25-19)15-24-3/h9-13,16-17,23H,4-8,14-15H2,1-3H3. The van der Waals surface area contributed by atoms with Gasteiger partial charge in [0.25, 0.3) is 0 Å². The minimum atomic E-state index is 0.524. The van der Waals surface area contributed by atoms with Crippen LogP contribution in [0.15, 0.2) is 34.7 Å². The lowest BCUT2D eigenvalue weighted by molar-refractivity contribution is 0.163. The van der Waals surface area contributed by atoms with Crippen molar-refractivity contribution in [3.8, 4) is 0 Å². The van der Waals surface area contributed by atoms with Crippen molar-refractivity contribution in [1.29, 1.82) is 0 Å². The Bertz CT molecular complexity index is 668. The fourth-order valence-corrected chi connectivity index (χ4v) is 3.77. The lowest BCUT2D eigenvalue weighted by Gasteiger charge is -2.26. The number of hydrogen-bond donors (Lipinski definition) is 1. The zero-order chi connectivity index (χ0) is 17.6. The molecule has 3 nitrogen and oxygen atoms in total. The molecule has 1 N–H and O–H groups in total. The second kappa shape index (κ2) is 8.57. The van der Waals surface area contributed by atoms with Crippen molar-refractivity contribution in [3.05, 3.63) is 53.0 Å². The van der Waals surface area contributed by atoms with Gasteiger partial charge in [-0.1, -0.05) is 45.2 Å². The predicted octanol–water partition coefficient (Wildman–Crippen LogP) is 6.21. The number of rotatable bonds is 7. The molecule has 1 aromatic heterocycles. The van der Waals surface area contributed by atoms with Crippen molar-refractivity contribution in [3.63, 3.8) is 0 Å². The molecule has 0 spiro atoms. The Labute approximate surface area is 151 Å². The lowest BCUT2D eigenvalue weighted by atomic mass is 9.82. The summed E-state index contributed by atoms with van der Waals surface area (Å²) in [5.74, 6) is 3.09. The summed E-state index contributed by atoms with van der Waals surface area (Å²) in [5, 5.41) is 3.61. The molecule has 0 saturated heterocycles. The summed E-state index contributed by atoms with van der Waals surface area (Å²) in [6, 6.07) is 11.0. The molecule has 0 aliphatic heterocycles. The maximum absolute atomic E-state index is 5.81. The second-order valence-corrected chi connectivity index (χ2v) is 7.49. The van der Waals surface area contributed by atoms with Gasteiger partial charge in [-0.2, -0.15) is 0 Å². The first kappa shape index (κ1) is 18.1. The normalized spacial score (nSPS) is 15.7. The minimum absolute atomic E-state index is 0.524. The van der Waals surface area contributed by atoms with Gasteiger partial charge < -0.3 is 14.5 Å². The Balaban J connectivity index is 1.76. The van der Waals surface area contributed by atoms with E-state index < -0.39 is 0 Å². The van der Waals surface area contributed by atoms with Crippen molar-refractivity contribution in [1.82, 2.24) is 0 Å². The van der Waals surface area contributed by atoms with Crippen LogP contribution in [0.5, 0.6) is 0 Å². The largest absolute Gasteiger partial charge is 0.462 e. The number of benzene rings is 1. The van der Waals surface area contributed by atoms with Crippen molar-refractivity contribution in [2.24, 2.45) is 0 Å². The summed E-state index contributed by atoms with van der Waals surface area (Å²) >= 11 is 0. The average molecular weight is 341 g/mol. The number of ether oxygens (including phenoxy) is 1. The van der Waals surface area contributed by atoms with Crippen LogP contribution >= 0.6 is 0 Å². The van der Waals surface area contributed by atoms with Crippen molar-refractivity contribution < 1.29 is 9.15 Å². The predicted molar refractivity (Wildman–Crippen MR) is 103 cm³/mol. The second-order valence-electron chi connectivity index (χ2n) is 7.49. The first-order valence-electron chi connectivity index (χ1n) is 9.61. The van der Waals surface area contributed by atoms with E-state index in [0.29, 0.717) is 25.0 Å². The smallest absolute Gasteiger partial charge is 0.129 e. The van der Waals surface area contributed by atoms with Gasteiger partial charge >= 0.3 is 0 Å². The maximum Gasteiger partial charge on any atom is 0.129 e. The Morgan fingerprint density at radius 3 is 2.56 bits per heavy atom. The molecule has 1 saturated carbocycles. The van der Waals surface area contributed by atoms with E-state index in [1.807, 2.05) is 12.1 Å². The topological polar surface area (TPSA) is 34.4 Å². The van der Waals surface area contributed by atoms with Gasteiger partial charge in [-0.25, -0.2) is 0 Å². The maximum atomic E-state index is 5.81. The highest BCUT2D eigenvalue weighted by molar-refractivity contribution is 5.55. The number of anilines is 1. The van der Waals surface area contributed by atoms with Crippen molar-refractivity contribution in [2.75, 3.05) is 12.4 Å². The van der Waals surface area contributed by atoms with Gasteiger partial charge in [0.1, 0.15) is 18.1 Å². The molecule has 0 atom stereocenters. The van der Waals surface area contributed by atoms with E-state index in [0.717, 1.165) is 11.5 Å². The molecule has 1 aliphatic rings. The van der Waals surface area contributed by atoms with E-state index in [2.05, 4.69) is 37.4 Å². The molecule has 136 valence electrons. The third-order valence-corrected chi connectivity index (χ3v) is 5.24. The fraction of sp³-hybridized carbons (Fsp3) is 0.545. The first-order valence-corrected chi connectivity index (χ1v) is 9.61. The van der Waals surface area contributed by atoms with E-state index in [-0.39, 0.29) is 0 Å². The Kier molecular flexibility index (Phi) is 6.19. The summed E-state index contributed by atoms with van der Waals surface area (Å²) in [5.41, 5.74) is 4.20. The zero-order valence-electron chi connectivity index (χ0n) is 15.8. The third-order valence-electron chi connectivity index (χ3n) is 5.24. The molecular weight excluding hydrogens is 310 g/mol. The molecule has 1 heterocycles. The summed E-state index contributed by atoms with van der Waals surface area (Å²) in [6.45, 7) is 5.78. The monoisotopic (exact) mass is 341 g/mol. The quantitative estimate of drug-likeness (QED) is 0.650. The summed E-state index contributed by atoms with van der Waals surface area (Å²) in [6.07, 6.45) is 6.73. The van der Waals surface area contributed by atoms with Gasteiger partial charge in [0, 0.05) is 12.8 Å². The number of methoxy groups -OCH3 is 1. The number of hydrogen-bond acceptors (Lipinski definition) is 3. The van der Waals surface area contributed by atoms with Crippen LogP contribution in [0.3, 0.4) is 0 Å². The van der Waals surface area contributed by atoms with Crippen LogP contribution < -0.4 is 5.32 Å². The molecule has 0 radical (unpaired) electrons. The van der Waals surface area contributed by atoms with E-state index >= 15 is 0 Å². The van der Waals surface area contributed by atoms with Gasteiger partial charge in [-0.15, -0.1) is 0 Å². The van der Waals surface area contributed by atoms with Gasteiger partial charge in [-0.05, 0) is 54.0 Å². The highest BCUT2D eigenvalue weighted by Crippen LogP contribution is 2.38. The molecule has 0 bridgehead atoms. The summed E-state index contributed by atoms with van der Waals surface area (Å²) in [7, 11) is 1.69. The number of nitrogens with one attached hydrogen (secondary N) is 1. The van der Waals surface area contributed by atoms with Crippen LogP contribution in [0.1, 0.15) is 80.4 Å². The van der Waals surface area contributed by atoms with Crippen LogP contribution in [0.4, 0.5) is 5.69 Å². The lowest BCUT2D eigenvalue weighted by Crippen LogP contribution is -2.10. The molecule has 3 rings (SSSR count). The fourth-order valence-electron chi connectivity index (χ4n) is 3.77. The van der Waals surface area contributed by atoms with Crippen LogP contribution in [-0.4, -0.2) is 7.11 Å². The van der Waals surface area contributed by atoms with Gasteiger partial charge in [0.15, 0.2) is 0 Å². The molecule has 1 aromatic carbocycles. The van der Waals surface area contributed by atoms with E-state index in [4.69, 9.17) is 9.15 Å². The van der Waals surface area contributed by atoms with E-state index in [9.17, 15) is 0 Å². The molecular formula is C22H31NO2. The Hall–Kier alpha value is -1.74. The molecule has 0 amide bonds. The summed E-state index contributed by atoms with van der Waals surface area (Å²) < 4.78 is 10.9. The minimum Gasteiger partial charge on any atom is -0.462 e. The van der Waals surface area contributed by atoms with Crippen molar-refractivity contribution in [2.45, 2.75) is 70.9 Å². The molecule has 3 heteroatoms. The average Bonchev–Trinajstić information content (AvgIpc) is 3.08. The highest BCUT2D eigenvalue weighted by atomic mass is 16.5. The molecule has 25 heavy (non-hydrogen) atoms. The van der Waals surface area contributed by atoms with E-state index in [1.165, 1.54) is 48.9 Å². The molecule has 0 unspecified atom stereocenters. The van der Waals surface area contributed by atoms with Gasteiger partial charge in [-0.3, -0.25) is 0 Å². The molecule has 1 fully saturated rings. The van der Waals surface area contributed by atoms with E-state index in [1.54, 1.807) is 7.11 Å². The van der Waals surface area contributed by atoms with Crippen LogP contribution in [-0.2, 0) is 17.9 Å². The Morgan fingerprint density at radius 2 is 1.84 bits per heavy atom. The summed E-state index contributed by atoms with van der Waals surface area (Å²) in [4.78, 5) is 0. The zero-order valence-corrected chi connectivity index (χ0v) is 15.8. The van der Waals surface area contributed by atoms with Crippen LogP contribution in [0, 0.1) is 0 Å². The van der Waals surface area contributed by atoms with Crippen LogP contribution in [0.25, 0.3) is 0 Å². The first-order chi connectivity index (χ1) is 12.2. The molecule has 2 aromatic rings. The van der Waals surface area contributed by atoms with Gasteiger partial charge in [0.2, 0.25) is 0 Å².